The molecular formula is C27H23N3O5S2. The Bertz CT molecular complexity index is 1670. The van der Waals surface area contributed by atoms with Crippen LogP contribution in [0.1, 0.15) is 22.3 Å². The van der Waals surface area contributed by atoms with Crippen molar-refractivity contribution < 1.29 is 22.0 Å². The van der Waals surface area contributed by atoms with E-state index in [2.05, 4.69) is 14.6 Å². The van der Waals surface area contributed by atoms with Gasteiger partial charge in [0.05, 0.1) is 9.79 Å². The van der Waals surface area contributed by atoms with Crippen LogP contribution in [0.3, 0.4) is 0 Å². The minimum atomic E-state index is -3.93. The molecule has 1 aliphatic rings. The van der Waals surface area contributed by atoms with E-state index >= 15 is 0 Å². The van der Waals surface area contributed by atoms with Gasteiger partial charge in [0, 0.05) is 22.5 Å². The Kier molecular flexibility index (Phi) is 6.01. The van der Waals surface area contributed by atoms with Crippen molar-refractivity contribution in [1.29, 1.82) is 0 Å². The lowest BCUT2D eigenvalue weighted by molar-refractivity contribution is 0.320. The van der Waals surface area contributed by atoms with E-state index in [4.69, 9.17) is 0 Å². The minimum absolute atomic E-state index is 0.0179. The molecule has 0 atom stereocenters. The fourth-order valence-corrected chi connectivity index (χ4v) is 6.49. The maximum absolute atomic E-state index is 13.1. The van der Waals surface area contributed by atoms with E-state index in [1.165, 1.54) is 24.3 Å². The van der Waals surface area contributed by atoms with Crippen LogP contribution in [-0.4, -0.2) is 27.8 Å². The molecule has 0 unspecified atom stereocenters. The largest absolute Gasteiger partial charge is 0.410 e. The van der Waals surface area contributed by atoms with Crippen molar-refractivity contribution in [1.82, 2.24) is 0 Å². The highest BCUT2D eigenvalue weighted by atomic mass is 32.2. The Hall–Kier alpha value is -4.15. The number of aryl methyl sites for hydroxylation is 2. The van der Waals surface area contributed by atoms with Crippen molar-refractivity contribution in [2.24, 2.45) is 5.16 Å². The maximum atomic E-state index is 13.1. The van der Waals surface area contributed by atoms with Crippen molar-refractivity contribution in [3.05, 3.63) is 107 Å². The zero-order valence-electron chi connectivity index (χ0n) is 19.9. The smallest absolute Gasteiger partial charge is 0.261 e. The molecule has 0 aliphatic heterocycles. The zero-order chi connectivity index (χ0) is 26.4. The third kappa shape index (κ3) is 4.68. The normalized spacial score (nSPS) is 12.5. The Morgan fingerprint density at radius 1 is 0.595 bits per heavy atom. The first-order chi connectivity index (χ1) is 17.6. The molecule has 37 heavy (non-hydrogen) atoms. The molecule has 3 N–H and O–H groups in total. The molecule has 0 radical (unpaired) electrons. The van der Waals surface area contributed by atoms with Crippen molar-refractivity contribution in [2.75, 3.05) is 9.44 Å². The lowest BCUT2D eigenvalue weighted by Crippen LogP contribution is -2.14. The number of benzene rings is 4. The van der Waals surface area contributed by atoms with Gasteiger partial charge in [0.2, 0.25) is 0 Å². The average molecular weight is 534 g/mol. The quantitative estimate of drug-likeness (QED) is 0.207. The monoisotopic (exact) mass is 533 g/mol. The highest BCUT2D eigenvalue weighted by Crippen LogP contribution is 2.39. The molecule has 5 rings (SSSR count). The summed E-state index contributed by atoms with van der Waals surface area (Å²) in [6.07, 6.45) is 0. The summed E-state index contributed by atoms with van der Waals surface area (Å²) >= 11 is 0. The summed E-state index contributed by atoms with van der Waals surface area (Å²) in [6, 6.07) is 23.0. The lowest BCUT2D eigenvalue weighted by Gasteiger charge is -2.10. The molecule has 0 aromatic heterocycles. The maximum Gasteiger partial charge on any atom is 0.261 e. The van der Waals surface area contributed by atoms with Crippen LogP contribution >= 0.6 is 0 Å². The molecule has 1 aliphatic carbocycles. The second kappa shape index (κ2) is 9.06. The van der Waals surface area contributed by atoms with Gasteiger partial charge in [-0.25, -0.2) is 16.8 Å². The van der Waals surface area contributed by atoms with Crippen molar-refractivity contribution in [3.63, 3.8) is 0 Å². The molecule has 0 bridgehead atoms. The van der Waals surface area contributed by atoms with E-state index < -0.39 is 20.0 Å². The second-order valence-electron chi connectivity index (χ2n) is 8.81. The minimum Gasteiger partial charge on any atom is -0.410 e. The summed E-state index contributed by atoms with van der Waals surface area (Å²) < 4.78 is 57.4. The number of oxime groups is 1. The van der Waals surface area contributed by atoms with E-state index in [9.17, 15) is 22.0 Å². The van der Waals surface area contributed by atoms with Crippen LogP contribution in [-0.2, 0) is 20.0 Å². The average Bonchev–Trinajstić information content (AvgIpc) is 3.16. The number of nitrogens with zero attached hydrogens (tertiary/aromatic N) is 1. The van der Waals surface area contributed by atoms with Crippen LogP contribution in [0.5, 0.6) is 0 Å². The third-order valence-electron chi connectivity index (χ3n) is 6.04. The number of nitrogens with one attached hydrogen (secondary N) is 2. The fourth-order valence-electron chi connectivity index (χ4n) is 4.34. The lowest BCUT2D eigenvalue weighted by atomic mass is 10.1. The topological polar surface area (TPSA) is 125 Å². The van der Waals surface area contributed by atoms with E-state index in [0.29, 0.717) is 33.6 Å². The zero-order valence-corrected chi connectivity index (χ0v) is 21.6. The Morgan fingerprint density at radius 2 is 1.03 bits per heavy atom. The van der Waals surface area contributed by atoms with Gasteiger partial charge in [-0.15, -0.1) is 0 Å². The summed E-state index contributed by atoms with van der Waals surface area (Å²) in [5.74, 6) is 0. The van der Waals surface area contributed by atoms with E-state index in [0.717, 1.165) is 11.1 Å². The number of hydrogen-bond acceptors (Lipinski definition) is 6. The van der Waals surface area contributed by atoms with Crippen LogP contribution in [0, 0.1) is 13.8 Å². The first kappa shape index (κ1) is 24.5. The van der Waals surface area contributed by atoms with Gasteiger partial charge in [-0.2, -0.15) is 0 Å². The van der Waals surface area contributed by atoms with Gasteiger partial charge >= 0.3 is 0 Å². The highest BCUT2D eigenvalue weighted by molar-refractivity contribution is 7.93. The van der Waals surface area contributed by atoms with Gasteiger partial charge in [-0.3, -0.25) is 9.44 Å². The number of sulfonamides is 2. The molecule has 4 aromatic rings. The summed E-state index contributed by atoms with van der Waals surface area (Å²) in [6.45, 7) is 3.72. The second-order valence-corrected chi connectivity index (χ2v) is 12.2. The molecule has 0 fully saturated rings. The van der Waals surface area contributed by atoms with E-state index in [1.807, 2.05) is 26.0 Å². The summed E-state index contributed by atoms with van der Waals surface area (Å²) in [7, 11) is -7.87. The van der Waals surface area contributed by atoms with Crippen LogP contribution in [0.4, 0.5) is 11.4 Å². The SMILES string of the molecule is Cc1cccc(NS(=O)(=O)c2ccc3c(c2)C(=NO)c2cc(S(=O)(=O)Nc4cccc(C)c4)ccc2-3)c1. The predicted molar refractivity (Wildman–Crippen MR) is 143 cm³/mol. The highest BCUT2D eigenvalue weighted by Gasteiger charge is 2.30. The Labute approximate surface area is 215 Å². The molecule has 10 heteroatoms. The van der Waals surface area contributed by atoms with E-state index in [-0.39, 0.29) is 15.5 Å². The molecule has 0 saturated heterocycles. The van der Waals surface area contributed by atoms with Crippen molar-refractivity contribution in [2.45, 2.75) is 23.6 Å². The molecule has 8 nitrogen and oxygen atoms in total. The van der Waals surface area contributed by atoms with Gasteiger partial charge in [0.25, 0.3) is 20.0 Å². The van der Waals surface area contributed by atoms with Crippen LogP contribution in [0.15, 0.2) is 99.9 Å². The van der Waals surface area contributed by atoms with Crippen molar-refractivity contribution >= 4 is 37.1 Å². The molecule has 0 saturated carbocycles. The first-order valence-corrected chi connectivity index (χ1v) is 14.2. The van der Waals surface area contributed by atoms with Crippen LogP contribution in [0.2, 0.25) is 0 Å². The fraction of sp³-hybridized carbons (Fsp3) is 0.0741. The molecular weight excluding hydrogens is 510 g/mol. The van der Waals surface area contributed by atoms with Gasteiger partial charge in [0.1, 0.15) is 5.71 Å². The number of rotatable bonds is 6. The molecule has 0 amide bonds. The number of hydrogen-bond donors (Lipinski definition) is 3. The van der Waals surface area contributed by atoms with Gasteiger partial charge in [-0.1, -0.05) is 41.6 Å². The van der Waals surface area contributed by atoms with Crippen LogP contribution < -0.4 is 9.44 Å². The van der Waals surface area contributed by atoms with Crippen molar-refractivity contribution in [3.8, 4) is 11.1 Å². The third-order valence-corrected chi connectivity index (χ3v) is 8.80. The molecule has 0 heterocycles. The molecule has 0 spiro atoms. The summed E-state index contributed by atoms with van der Waals surface area (Å²) in [5.41, 5.74) is 4.78. The first-order valence-electron chi connectivity index (χ1n) is 11.3. The van der Waals surface area contributed by atoms with E-state index in [1.54, 1.807) is 48.5 Å². The Balaban J connectivity index is 1.50. The standard InChI is InChI=1S/C27H23N3O5S2/c1-17-5-3-7-19(13-17)29-36(32,33)21-9-11-23-24-12-10-22(16-26(24)27(28-31)25(23)15-21)37(34,35)30-20-8-4-6-18(2)14-20/h3-16,29-31H,1-2H3. The summed E-state index contributed by atoms with van der Waals surface area (Å²) in [4.78, 5) is -0.0358. The van der Waals surface area contributed by atoms with Gasteiger partial charge < -0.3 is 5.21 Å². The number of fused-ring (bicyclic) bond motifs is 3. The Morgan fingerprint density at radius 3 is 1.41 bits per heavy atom. The summed E-state index contributed by atoms with van der Waals surface area (Å²) in [5, 5.41) is 13.2. The van der Waals surface area contributed by atoms with Gasteiger partial charge in [0.15, 0.2) is 0 Å². The number of anilines is 2. The molecule has 4 aromatic carbocycles. The van der Waals surface area contributed by atoms with Gasteiger partial charge in [-0.05, 0) is 84.6 Å². The molecule has 188 valence electrons. The van der Waals surface area contributed by atoms with Crippen LogP contribution in [0.25, 0.3) is 11.1 Å². The predicted octanol–water partition coefficient (Wildman–Crippen LogP) is 5.11.